The zero-order valence-corrected chi connectivity index (χ0v) is 13.8. The Morgan fingerprint density at radius 2 is 2.16 bits per heavy atom. The molecule has 0 aliphatic heterocycles. The molecule has 0 saturated heterocycles. The van der Waals surface area contributed by atoms with Gasteiger partial charge in [-0.05, 0) is 49.1 Å². The van der Waals surface area contributed by atoms with Crippen LogP contribution >= 0.6 is 0 Å². The Labute approximate surface area is 145 Å². The van der Waals surface area contributed by atoms with Crippen LogP contribution in [0.2, 0.25) is 0 Å². The van der Waals surface area contributed by atoms with Gasteiger partial charge in [0, 0.05) is 6.20 Å². The number of phenolic OH excluding ortho intramolecular Hbond substituents is 1. The van der Waals surface area contributed by atoms with Gasteiger partial charge in [-0.1, -0.05) is 18.2 Å². The minimum absolute atomic E-state index is 0.0906. The molecular formula is C19H18N4O2. The van der Waals surface area contributed by atoms with Gasteiger partial charge in [0.15, 0.2) is 5.82 Å². The van der Waals surface area contributed by atoms with Crippen molar-refractivity contribution in [1.29, 1.82) is 0 Å². The molecule has 0 spiro atoms. The van der Waals surface area contributed by atoms with Crippen LogP contribution in [-0.2, 0) is 6.42 Å². The van der Waals surface area contributed by atoms with Crippen molar-refractivity contribution >= 4 is 5.91 Å². The number of aromatic hydroxyl groups is 1. The molecule has 2 heterocycles. The van der Waals surface area contributed by atoms with E-state index in [4.69, 9.17) is 0 Å². The van der Waals surface area contributed by atoms with Crippen molar-refractivity contribution in [1.82, 2.24) is 20.1 Å². The first-order valence-corrected chi connectivity index (χ1v) is 8.23. The van der Waals surface area contributed by atoms with Crippen LogP contribution < -0.4 is 5.32 Å². The van der Waals surface area contributed by atoms with Gasteiger partial charge >= 0.3 is 0 Å². The number of fused-ring (bicyclic) bond motifs is 1. The molecule has 0 bridgehead atoms. The molecule has 3 aromatic rings. The van der Waals surface area contributed by atoms with Crippen molar-refractivity contribution < 1.29 is 9.90 Å². The second-order valence-electron chi connectivity index (χ2n) is 6.15. The van der Waals surface area contributed by atoms with Crippen molar-refractivity contribution in [2.75, 3.05) is 0 Å². The topological polar surface area (TPSA) is 80.0 Å². The van der Waals surface area contributed by atoms with Crippen LogP contribution in [0.1, 0.15) is 39.6 Å². The molecular weight excluding hydrogens is 316 g/mol. The van der Waals surface area contributed by atoms with E-state index in [2.05, 4.69) is 15.4 Å². The smallest absolute Gasteiger partial charge is 0.255 e. The predicted octanol–water partition coefficient (Wildman–Crippen LogP) is 2.70. The first-order chi connectivity index (χ1) is 12.1. The predicted molar refractivity (Wildman–Crippen MR) is 92.7 cm³/mol. The van der Waals surface area contributed by atoms with E-state index in [0.29, 0.717) is 17.1 Å². The standard InChI is InChI=1S/C19H18N4O2/c1-12-15(11-21-23(12)18-7-2-3-10-20-18)19(25)22-16-9-8-14-13(16)5-4-6-17(14)24/h2-7,10-11,16,24H,8-9H2,1H3,(H,22,25)/t16-/m0/s1. The Morgan fingerprint density at radius 3 is 2.96 bits per heavy atom. The molecule has 0 unspecified atom stereocenters. The molecule has 25 heavy (non-hydrogen) atoms. The summed E-state index contributed by atoms with van der Waals surface area (Å²) in [5.41, 5.74) is 3.18. The monoisotopic (exact) mass is 334 g/mol. The van der Waals surface area contributed by atoms with Gasteiger partial charge < -0.3 is 10.4 Å². The van der Waals surface area contributed by atoms with Crippen molar-refractivity contribution in [3.05, 3.63) is 71.2 Å². The highest BCUT2D eigenvalue weighted by molar-refractivity contribution is 5.95. The second-order valence-corrected chi connectivity index (χ2v) is 6.15. The fourth-order valence-corrected chi connectivity index (χ4v) is 3.36. The lowest BCUT2D eigenvalue weighted by Crippen LogP contribution is -2.27. The fraction of sp³-hybridized carbons (Fsp3) is 0.211. The van der Waals surface area contributed by atoms with Gasteiger partial charge in [-0.25, -0.2) is 9.67 Å². The Bertz CT molecular complexity index is 934. The van der Waals surface area contributed by atoms with Crippen LogP contribution in [-0.4, -0.2) is 25.8 Å². The summed E-state index contributed by atoms with van der Waals surface area (Å²) < 4.78 is 1.66. The number of benzene rings is 1. The van der Waals surface area contributed by atoms with Gasteiger partial charge in [0.25, 0.3) is 5.91 Å². The van der Waals surface area contributed by atoms with E-state index in [0.717, 1.165) is 29.7 Å². The highest BCUT2D eigenvalue weighted by atomic mass is 16.3. The molecule has 2 aromatic heterocycles. The first-order valence-electron chi connectivity index (χ1n) is 8.23. The molecule has 6 heteroatoms. The maximum Gasteiger partial charge on any atom is 0.255 e. The van der Waals surface area contributed by atoms with Crippen LogP contribution in [0.4, 0.5) is 0 Å². The molecule has 0 fully saturated rings. The summed E-state index contributed by atoms with van der Waals surface area (Å²) in [5.74, 6) is 0.810. The average Bonchev–Trinajstić information content (AvgIpc) is 3.20. The van der Waals surface area contributed by atoms with Crippen molar-refractivity contribution in [3.63, 3.8) is 0 Å². The summed E-state index contributed by atoms with van der Waals surface area (Å²) in [6.45, 7) is 1.85. The third kappa shape index (κ3) is 2.65. The lowest BCUT2D eigenvalue weighted by atomic mass is 10.1. The molecule has 4 rings (SSSR count). The fourth-order valence-electron chi connectivity index (χ4n) is 3.36. The van der Waals surface area contributed by atoms with Crippen molar-refractivity contribution in [2.45, 2.75) is 25.8 Å². The number of nitrogens with one attached hydrogen (secondary N) is 1. The molecule has 0 saturated carbocycles. The molecule has 1 atom stereocenters. The van der Waals surface area contributed by atoms with Crippen LogP contribution in [0.5, 0.6) is 5.75 Å². The maximum absolute atomic E-state index is 12.7. The lowest BCUT2D eigenvalue weighted by Gasteiger charge is -2.14. The number of hydrogen-bond donors (Lipinski definition) is 2. The number of hydrogen-bond acceptors (Lipinski definition) is 4. The van der Waals surface area contributed by atoms with Gasteiger partial charge in [-0.15, -0.1) is 0 Å². The number of rotatable bonds is 3. The molecule has 1 aromatic carbocycles. The lowest BCUT2D eigenvalue weighted by molar-refractivity contribution is 0.0936. The Hall–Kier alpha value is -3.15. The summed E-state index contributed by atoms with van der Waals surface area (Å²) in [7, 11) is 0. The summed E-state index contributed by atoms with van der Waals surface area (Å²) >= 11 is 0. The highest BCUT2D eigenvalue weighted by Crippen LogP contribution is 2.36. The number of amides is 1. The molecule has 2 N–H and O–H groups in total. The van der Waals surface area contributed by atoms with Crippen LogP contribution in [0.15, 0.2) is 48.8 Å². The van der Waals surface area contributed by atoms with Crippen molar-refractivity contribution in [2.24, 2.45) is 0 Å². The first kappa shape index (κ1) is 15.4. The summed E-state index contributed by atoms with van der Waals surface area (Å²) in [6.07, 6.45) is 4.81. The number of aromatic nitrogens is 3. The van der Waals surface area contributed by atoms with E-state index in [9.17, 15) is 9.90 Å². The maximum atomic E-state index is 12.7. The number of carbonyl (C=O) groups excluding carboxylic acids is 1. The Morgan fingerprint density at radius 1 is 1.28 bits per heavy atom. The van der Waals surface area contributed by atoms with Gasteiger partial charge in [-0.3, -0.25) is 4.79 Å². The summed E-state index contributed by atoms with van der Waals surface area (Å²) in [6, 6.07) is 10.9. The minimum Gasteiger partial charge on any atom is -0.508 e. The quantitative estimate of drug-likeness (QED) is 0.772. The van der Waals surface area contributed by atoms with Gasteiger partial charge in [0.2, 0.25) is 0 Å². The number of carbonyl (C=O) groups is 1. The van der Waals surface area contributed by atoms with Gasteiger partial charge in [-0.2, -0.15) is 5.10 Å². The molecule has 1 aliphatic rings. The Balaban J connectivity index is 1.58. The van der Waals surface area contributed by atoms with Crippen LogP contribution in [0, 0.1) is 6.92 Å². The van der Waals surface area contributed by atoms with E-state index in [-0.39, 0.29) is 11.9 Å². The van der Waals surface area contributed by atoms with Crippen LogP contribution in [0.25, 0.3) is 5.82 Å². The van der Waals surface area contributed by atoms with Crippen LogP contribution in [0.3, 0.4) is 0 Å². The number of phenols is 1. The van der Waals surface area contributed by atoms with E-state index < -0.39 is 0 Å². The third-order valence-corrected chi connectivity index (χ3v) is 4.67. The molecule has 1 amide bonds. The normalized spacial score (nSPS) is 15.8. The van der Waals surface area contributed by atoms with Gasteiger partial charge in [0.05, 0.1) is 23.5 Å². The SMILES string of the molecule is Cc1c(C(=O)N[C@H]2CCc3c(O)cccc32)cnn1-c1ccccn1. The summed E-state index contributed by atoms with van der Waals surface area (Å²) in [4.78, 5) is 17.0. The molecule has 6 nitrogen and oxygen atoms in total. The minimum atomic E-state index is -0.166. The van der Waals surface area contributed by atoms with E-state index in [1.807, 2.05) is 37.3 Å². The molecule has 1 aliphatic carbocycles. The van der Waals surface area contributed by atoms with E-state index in [1.54, 1.807) is 23.1 Å². The third-order valence-electron chi connectivity index (χ3n) is 4.67. The largest absolute Gasteiger partial charge is 0.508 e. The van der Waals surface area contributed by atoms with E-state index in [1.165, 1.54) is 0 Å². The van der Waals surface area contributed by atoms with Crippen molar-refractivity contribution in [3.8, 4) is 11.6 Å². The Kier molecular flexibility index (Phi) is 3.72. The molecule has 0 radical (unpaired) electrons. The average molecular weight is 334 g/mol. The van der Waals surface area contributed by atoms with Gasteiger partial charge in [0.1, 0.15) is 5.75 Å². The zero-order valence-electron chi connectivity index (χ0n) is 13.8. The zero-order chi connectivity index (χ0) is 17.4. The number of nitrogens with zero attached hydrogens (tertiary/aromatic N) is 3. The van der Waals surface area contributed by atoms with E-state index >= 15 is 0 Å². The number of pyridine rings is 1. The highest BCUT2D eigenvalue weighted by Gasteiger charge is 2.27. The summed E-state index contributed by atoms with van der Waals surface area (Å²) in [5, 5.41) is 17.3. The second kappa shape index (κ2) is 6.05. The molecule has 126 valence electrons.